The smallest absolute Gasteiger partial charge is 0.253 e. The Morgan fingerprint density at radius 1 is 0.968 bits per heavy atom. The molecule has 1 aromatic rings. The van der Waals surface area contributed by atoms with Crippen LogP contribution in [0.2, 0.25) is 0 Å². The van der Waals surface area contributed by atoms with Gasteiger partial charge in [-0.05, 0) is 37.1 Å². The van der Waals surface area contributed by atoms with E-state index in [9.17, 15) is 22.8 Å². The third-order valence-corrected chi connectivity index (χ3v) is 8.56. The van der Waals surface area contributed by atoms with E-state index in [1.807, 2.05) is 12.2 Å². The number of benzene rings is 1. The van der Waals surface area contributed by atoms with E-state index in [1.165, 1.54) is 33.5 Å². The second kappa shape index (κ2) is 8.20. The second-order valence-electron chi connectivity index (χ2n) is 8.18. The van der Waals surface area contributed by atoms with Gasteiger partial charge in [0.05, 0.1) is 22.8 Å². The Hall–Kier alpha value is -2.52. The highest BCUT2D eigenvalue weighted by molar-refractivity contribution is 7.89. The lowest BCUT2D eigenvalue weighted by atomic mass is 9.85. The van der Waals surface area contributed by atoms with Crippen molar-refractivity contribution in [2.75, 3.05) is 26.2 Å². The van der Waals surface area contributed by atoms with Crippen molar-refractivity contribution in [2.24, 2.45) is 11.8 Å². The number of sulfonamides is 1. The predicted molar refractivity (Wildman–Crippen MR) is 113 cm³/mol. The van der Waals surface area contributed by atoms with Gasteiger partial charge in [-0.3, -0.25) is 19.3 Å². The fraction of sp³-hybridized carbons (Fsp3) is 0.500. The fourth-order valence-electron chi connectivity index (χ4n) is 4.63. The van der Waals surface area contributed by atoms with Crippen LogP contribution in [0.15, 0.2) is 41.3 Å². The average Bonchev–Trinajstić information content (AvgIpc) is 2.99. The molecule has 1 aliphatic carbocycles. The number of rotatable bonds is 6. The van der Waals surface area contributed by atoms with Crippen LogP contribution in [0, 0.1) is 11.8 Å². The summed E-state index contributed by atoms with van der Waals surface area (Å²) in [4.78, 5) is 41.2. The summed E-state index contributed by atoms with van der Waals surface area (Å²) in [6.07, 6.45) is 5.11. The lowest BCUT2D eigenvalue weighted by molar-refractivity contribution is -0.145. The zero-order valence-corrected chi connectivity index (χ0v) is 18.5. The molecule has 8 nitrogen and oxygen atoms in total. The predicted octanol–water partition coefficient (Wildman–Crippen LogP) is 1.49. The second-order valence-corrected chi connectivity index (χ2v) is 10.1. The maximum Gasteiger partial charge on any atom is 0.253 e. The van der Waals surface area contributed by atoms with Gasteiger partial charge in [0.15, 0.2) is 0 Å². The summed E-state index contributed by atoms with van der Waals surface area (Å²) in [6.45, 7) is 4.92. The number of amides is 3. The summed E-state index contributed by atoms with van der Waals surface area (Å²) in [5, 5.41) is 0. The molecule has 0 saturated carbocycles. The van der Waals surface area contributed by atoms with Crippen molar-refractivity contribution in [1.82, 2.24) is 14.1 Å². The average molecular weight is 446 g/mol. The molecule has 9 heteroatoms. The van der Waals surface area contributed by atoms with Crippen molar-refractivity contribution in [1.29, 1.82) is 0 Å². The molecule has 31 heavy (non-hydrogen) atoms. The Bertz CT molecular complexity index is 998. The van der Waals surface area contributed by atoms with Gasteiger partial charge in [0.2, 0.25) is 21.8 Å². The van der Waals surface area contributed by atoms with Crippen molar-refractivity contribution in [3.05, 3.63) is 42.0 Å². The Kier molecular flexibility index (Phi) is 5.74. The van der Waals surface area contributed by atoms with Crippen LogP contribution in [-0.2, 0) is 19.6 Å². The number of nitrogens with zero attached hydrogens (tertiary/aromatic N) is 3. The van der Waals surface area contributed by atoms with Crippen LogP contribution in [0.4, 0.5) is 0 Å². The molecule has 2 aliphatic heterocycles. The monoisotopic (exact) mass is 445 g/mol. The Labute approximate surface area is 182 Å². The lowest BCUT2D eigenvalue weighted by Crippen LogP contribution is -2.62. The molecule has 2 saturated heterocycles. The molecule has 3 amide bonds. The van der Waals surface area contributed by atoms with Crippen LogP contribution >= 0.6 is 0 Å². The first-order valence-electron chi connectivity index (χ1n) is 10.7. The molecular formula is C22H27N3O5S. The third kappa shape index (κ3) is 3.59. The largest absolute Gasteiger partial charge is 0.334 e. The summed E-state index contributed by atoms with van der Waals surface area (Å²) < 4.78 is 26.5. The van der Waals surface area contributed by atoms with Gasteiger partial charge in [-0.1, -0.05) is 26.0 Å². The molecular weight excluding hydrogens is 418 g/mol. The number of carbonyl (C=O) groups excluding carboxylic acids is 3. The minimum absolute atomic E-state index is 0.123. The highest BCUT2D eigenvalue weighted by Gasteiger charge is 2.52. The molecule has 2 unspecified atom stereocenters. The molecule has 2 atom stereocenters. The number of fused-ring (bicyclic) bond motifs is 1. The zero-order valence-electron chi connectivity index (χ0n) is 17.7. The summed E-state index contributed by atoms with van der Waals surface area (Å²) >= 11 is 0. The minimum Gasteiger partial charge on any atom is -0.334 e. The summed E-state index contributed by atoms with van der Waals surface area (Å²) in [7, 11) is -3.58. The molecule has 1 aromatic carbocycles. The van der Waals surface area contributed by atoms with E-state index in [2.05, 4.69) is 0 Å². The van der Waals surface area contributed by atoms with Crippen molar-refractivity contribution in [3.63, 3.8) is 0 Å². The molecule has 2 fully saturated rings. The van der Waals surface area contributed by atoms with Gasteiger partial charge in [0.1, 0.15) is 0 Å². The van der Waals surface area contributed by atoms with Gasteiger partial charge in [-0.2, -0.15) is 4.31 Å². The number of hydrogen-bond donors (Lipinski definition) is 0. The van der Waals surface area contributed by atoms with Gasteiger partial charge in [-0.25, -0.2) is 8.42 Å². The number of hydrogen-bond acceptors (Lipinski definition) is 5. The summed E-state index contributed by atoms with van der Waals surface area (Å²) in [5.41, 5.74) is 0.383. The van der Waals surface area contributed by atoms with Gasteiger partial charge in [0.25, 0.3) is 5.91 Å². The van der Waals surface area contributed by atoms with Crippen LogP contribution in [-0.4, -0.2) is 72.5 Å². The molecule has 0 aromatic heterocycles. The van der Waals surface area contributed by atoms with Gasteiger partial charge >= 0.3 is 0 Å². The van der Waals surface area contributed by atoms with Crippen LogP contribution in [0.5, 0.6) is 0 Å². The number of carbonyl (C=O) groups is 3. The standard InChI is InChI=1S/C22H27N3O5S/c1-3-24(4-2)31(29,30)17-11-9-15(10-12-17)20(26)23-13-16(14-23)25-21(27)18-7-5-6-8-19(18)22(25)28/h5-6,9-12,16,18-19H,3-4,7-8,13-14H2,1-2H3. The molecule has 2 heterocycles. The van der Waals surface area contributed by atoms with Crippen molar-refractivity contribution in [3.8, 4) is 0 Å². The molecule has 3 aliphatic rings. The summed E-state index contributed by atoms with van der Waals surface area (Å²) in [6, 6.07) is 5.64. The molecule has 0 radical (unpaired) electrons. The maximum absolute atomic E-state index is 12.8. The van der Waals surface area contributed by atoms with Crippen molar-refractivity contribution in [2.45, 2.75) is 37.6 Å². The zero-order chi connectivity index (χ0) is 22.3. The molecule has 0 N–H and O–H groups in total. The Balaban J connectivity index is 1.40. The first-order valence-corrected chi connectivity index (χ1v) is 12.1. The van der Waals surface area contributed by atoms with E-state index >= 15 is 0 Å². The molecule has 4 rings (SSSR count). The lowest BCUT2D eigenvalue weighted by Gasteiger charge is -2.43. The molecule has 166 valence electrons. The molecule has 0 bridgehead atoms. The first kappa shape index (κ1) is 21.7. The third-order valence-electron chi connectivity index (χ3n) is 6.50. The van der Waals surface area contributed by atoms with Gasteiger partial charge in [0, 0.05) is 31.7 Å². The van der Waals surface area contributed by atoms with Gasteiger partial charge in [-0.15, -0.1) is 0 Å². The highest BCUT2D eigenvalue weighted by Crippen LogP contribution is 2.37. The van der Waals surface area contributed by atoms with E-state index < -0.39 is 10.0 Å². The van der Waals surface area contributed by atoms with E-state index in [1.54, 1.807) is 18.7 Å². The van der Waals surface area contributed by atoms with Crippen LogP contribution in [0.25, 0.3) is 0 Å². The van der Waals surface area contributed by atoms with Crippen molar-refractivity contribution >= 4 is 27.7 Å². The van der Waals surface area contributed by atoms with Crippen LogP contribution < -0.4 is 0 Å². The topological polar surface area (TPSA) is 95.1 Å². The first-order chi connectivity index (χ1) is 14.8. The highest BCUT2D eigenvalue weighted by atomic mass is 32.2. The van der Waals surface area contributed by atoms with E-state index in [-0.39, 0.29) is 40.5 Å². The Morgan fingerprint density at radius 3 is 1.97 bits per heavy atom. The SMILES string of the molecule is CCN(CC)S(=O)(=O)c1ccc(C(=O)N2CC(N3C(=O)C4CC=CCC4C3=O)C2)cc1. The number of imide groups is 1. The minimum atomic E-state index is -3.58. The van der Waals surface area contributed by atoms with Crippen LogP contribution in [0.1, 0.15) is 37.0 Å². The van der Waals surface area contributed by atoms with Crippen LogP contribution in [0.3, 0.4) is 0 Å². The number of allylic oxidation sites excluding steroid dienone is 2. The fourth-order valence-corrected chi connectivity index (χ4v) is 6.09. The maximum atomic E-state index is 12.8. The summed E-state index contributed by atoms with van der Waals surface area (Å²) in [5.74, 6) is -1.00. The van der Waals surface area contributed by atoms with E-state index in [0.717, 1.165) is 0 Å². The Morgan fingerprint density at radius 2 is 1.48 bits per heavy atom. The normalized spacial score (nSPS) is 24.0. The van der Waals surface area contributed by atoms with Crippen molar-refractivity contribution < 1.29 is 22.8 Å². The number of likely N-dealkylation sites (tertiary alicyclic amines) is 2. The van der Waals surface area contributed by atoms with E-state index in [0.29, 0.717) is 44.6 Å². The molecule has 0 spiro atoms. The van der Waals surface area contributed by atoms with Gasteiger partial charge < -0.3 is 4.90 Å². The quantitative estimate of drug-likeness (QED) is 0.488. The van der Waals surface area contributed by atoms with E-state index in [4.69, 9.17) is 0 Å².